The Hall–Kier alpha value is -4.13. The predicted octanol–water partition coefficient (Wildman–Crippen LogP) is 4.34. The molecule has 0 spiro atoms. The van der Waals surface area contributed by atoms with Crippen LogP contribution in [0.25, 0.3) is 0 Å². The van der Waals surface area contributed by atoms with E-state index in [-0.39, 0.29) is 30.3 Å². The van der Waals surface area contributed by atoms with Gasteiger partial charge in [-0.2, -0.15) is 0 Å². The monoisotopic (exact) mass is 483 g/mol. The lowest BCUT2D eigenvalue weighted by atomic mass is 10.1. The summed E-state index contributed by atoms with van der Waals surface area (Å²) < 4.78 is 5.29. The van der Waals surface area contributed by atoms with Gasteiger partial charge in [0.2, 0.25) is 5.91 Å². The van der Waals surface area contributed by atoms with Gasteiger partial charge in [0.1, 0.15) is 11.8 Å². The molecule has 3 aromatic carbocycles. The second kappa shape index (κ2) is 9.85. The smallest absolute Gasteiger partial charge is 0.256 e. The van der Waals surface area contributed by atoms with Crippen LogP contribution in [-0.4, -0.2) is 42.3 Å². The van der Waals surface area contributed by atoms with Gasteiger partial charge >= 0.3 is 0 Å². The van der Waals surface area contributed by atoms with Crippen LogP contribution in [-0.2, 0) is 11.3 Å². The molecule has 5 rings (SSSR count). The van der Waals surface area contributed by atoms with Gasteiger partial charge in [-0.25, -0.2) is 0 Å². The summed E-state index contributed by atoms with van der Waals surface area (Å²) in [5, 5.41) is 3.04. The van der Waals surface area contributed by atoms with Crippen molar-refractivity contribution in [3.63, 3.8) is 0 Å². The molecule has 2 aliphatic heterocycles. The molecular weight excluding hydrogens is 454 g/mol. The number of ether oxygens (including phenoxy) is 1. The number of hydrogen-bond acceptors (Lipinski definition) is 4. The normalized spacial score (nSPS) is 17.8. The third-order valence-corrected chi connectivity index (χ3v) is 6.96. The van der Waals surface area contributed by atoms with Crippen molar-refractivity contribution in [3.05, 3.63) is 95.1 Å². The minimum absolute atomic E-state index is 0.0766. The fraction of sp³-hybridized carbons (Fsp3) is 0.276. The molecule has 1 fully saturated rings. The second-order valence-electron chi connectivity index (χ2n) is 9.27. The third-order valence-electron chi connectivity index (χ3n) is 6.96. The molecule has 3 aromatic rings. The van der Waals surface area contributed by atoms with Crippen LogP contribution in [0.1, 0.15) is 57.7 Å². The van der Waals surface area contributed by atoms with E-state index >= 15 is 0 Å². The molecule has 2 atom stereocenters. The van der Waals surface area contributed by atoms with Crippen molar-refractivity contribution < 1.29 is 19.1 Å². The summed E-state index contributed by atoms with van der Waals surface area (Å²) in [6.45, 7) is 2.80. The first kappa shape index (κ1) is 23.6. The maximum atomic E-state index is 13.6. The number of carbonyl (C=O) groups is 3. The van der Waals surface area contributed by atoms with Gasteiger partial charge in [-0.1, -0.05) is 36.4 Å². The topological polar surface area (TPSA) is 79.0 Å². The number of nitrogens with zero attached hydrogens (tertiary/aromatic N) is 2. The van der Waals surface area contributed by atoms with Crippen molar-refractivity contribution >= 4 is 23.4 Å². The van der Waals surface area contributed by atoms with Gasteiger partial charge in [-0.3, -0.25) is 14.4 Å². The zero-order valence-corrected chi connectivity index (χ0v) is 20.4. The Morgan fingerprint density at radius 2 is 1.86 bits per heavy atom. The Labute approximate surface area is 210 Å². The lowest BCUT2D eigenvalue weighted by Gasteiger charge is -2.26. The minimum atomic E-state index is -0.444. The summed E-state index contributed by atoms with van der Waals surface area (Å²) in [6, 6.07) is 21.5. The minimum Gasteiger partial charge on any atom is -0.497 e. The zero-order chi connectivity index (χ0) is 25.2. The molecule has 1 saturated heterocycles. The molecule has 36 heavy (non-hydrogen) atoms. The van der Waals surface area contributed by atoms with Crippen LogP contribution in [0.3, 0.4) is 0 Å². The molecule has 0 unspecified atom stereocenters. The van der Waals surface area contributed by atoms with E-state index in [0.29, 0.717) is 29.8 Å². The van der Waals surface area contributed by atoms with Crippen LogP contribution in [0.15, 0.2) is 72.8 Å². The number of fused-ring (bicyclic) bond motifs is 2. The summed E-state index contributed by atoms with van der Waals surface area (Å²) in [5.74, 6) is 0.361. The fourth-order valence-electron chi connectivity index (χ4n) is 5.04. The zero-order valence-electron chi connectivity index (χ0n) is 20.4. The molecule has 1 N–H and O–H groups in total. The highest BCUT2D eigenvalue weighted by atomic mass is 16.5. The summed E-state index contributed by atoms with van der Waals surface area (Å²) >= 11 is 0. The Morgan fingerprint density at radius 1 is 1.06 bits per heavy atom. The number of methoxy groups -OCH3 is 1. The van der Waals surface area contributed by atoms with Crippen molar-refractivity contribution in [3.8, 4) is 5.75 Å². The summed E-state index contributed by atoms with van der Waals surface area (Å²) in [7, 11) is 1.61. The number of carbonyl (C=O) groups excluding carboxylic acids is 3. The molecule has 7 heteroatoms. The predicted molar refractivity (Wildman–Crippen MR) is 137 cm³/mol. The van der Waals surface area contributed by atoms with Gasteiger partial charge in [-0.05, 0) is 67.3 Å². The first-order valence-corrected chi connectivity index (χ1v) is 12.2. The van der Waals surface area contributed by atoms with Gasteiger partial charge in [0.05, 0.1) is 30.9 Å². The van der Waals surface area contributed by atoms with Gasteiger partial charge in [0, 0.05) is 12.1 Å². The van der Waals surface area contributed by atoms with Gasteiger partial charge in [0.25, 0.3) is 11.8 Å². The van der Waals surface area contributed by atoms with Crippen molar-refractivity contribution in [2.45, 2.75) is 38.4 Å². The Bertz CT molecular complexity index is 1320. The van der Waals surface area contributed by atoms with Crippen LogP contribution >= 0.6 is 0 Å². The van der Waals surface area contributed by atoms with E-state index in [9.17, 15) is 14.4 Å². The molecule has 0 radical (unpaired) electrons. The highest BCUT2D eigenvalue weighted by molar-refractivity contribution is 6.11. The first-order valence-electron chi connectivity index (χ1n) is 12.2. The summed E-state index contributed by atoms with van der Waals surface area (Å²) in [4.78, 5) is 43.2. The lowest BCUT2D eigenvalue weighted by molar-refractivity contribution is -0.122. The highest BCUT2D eigenvalue weighted by Crippen LogP contribution is 2.33. The van der Waals surface area contributed by atoms with E-state index in [1.54, 1.807) is 29.0 Å². The van der Waals surface area contributed by atoms with E-state index in [1.165, 1.54) is 0 Å². The first-order chi connectivity index (χ1) is 17.5. The number of hydrogen-bond donors (Lipinski definition) is 1. The molecule has 0 saturated carbocycles. The van der Waals surface area contributed by atoms with Crippen molar-refractivity contribution in [2.24, 2.45) is 0 Å². The standard InChI is InChI=1S/C29H29N3O4/c1-19(21-9-6-11-23(17-21)36-2)30-27(33)22-10-5-8-20(16-22)18-32-25-13-4-3-12-24(25)28(34)31-15-7-14-26(31)29(32)35/h3-6,8-13,16-17,19,26H,7,14-15,18H2,1-2H3,(H,30,33)/t19-,26+/m1/s1. The third kappa shape index (κ3) is 4.44. The number of para-hydroxylation sites is 1. The average Bonchev–Trinajstić information content (AvgIpc) is 3.38. The van der Waals surface area contributed by atoms with Gasteiger partial charge < -0.3 is 19.9 Å². The molecular formula is C29H29N3O4. The highest BCUT2D eigenvalue weighted by Gasteiger charge is 2.41. The second-order valence-corrected chi connectivity index (χ2v) is 9.27. The molecule has 0 aliphatic carbocycles. The van der Waals surface area contributed by atoms with E-state index in [1.807, 2.05) is 67.6 Å². The number of amides is 3. The van der Waals surface area contributed by atoms with E-state index in [2.05, 4.69) is 5.32 Å². The molecule has 3 amide bonds. The summed E-state index contributed by atoms with van der Waals surface area (Å²) in [6.07, 6.45) is 1.49. The molecule has 7 nitrogen and oxygen atoms in total. The SMILES string of the molecule is COc1cccc([C@@H](C)NC(=O)c2cccc(CN3C(=O)[C@@H]4CCCN4C(=O)c4ccccc43)c2)c1. The van der Waals surface area contributed by atoms with Gasteiger partial charge in [-0.15, -0.1) is 0 Å². The van der Waals surface area contributed by atoms with E-state index < -0.39 is 6.04 Å². The Morgan fingerprint density at radius 3 is 2.69 bits per heavy atom. The van der Waals surface area contributed by atoms with Crippen molar-refractivity contribution in [2.75, 3.05) is 18.6 Å². The molecule has 184 valence electrons. The van der Waals surface area contributed by atoms with Crippen LogP contribution in [0.2, 0.25) is 0 Å². The van der Waals surface area contributed by atoms with E-state index in [4.69, 9.17) is 4.74 Å². The molecule has 0 bridgehead atoms. The number of nitrogens with one attached hydrogen (secondary N) is 1. The largest absolute Gasteiger partial charge is 0.497 e. The molecule has 2 heterocycles. The molecule has 2 aliphatic rings. The van der Waals surface area contributed by atoms with Crippen molar-refractivity contribution in [1.29, 1.82) is 0 Å². The quantitative estimate of drug-likeness (QED) is 0.566. The van der Waals surface area contributed by atoms with Crippen molar-refractivity contribution in [1.82, 2.24) is 10.2 Å². The maximum Gasteiger partial charge on any atom is 0.256 e. The maximum absolute atomic E-state index is 13.6. The Kier molecular flexibility index (Phi) is 6.46. The van der Waals surface area contributed by atoms with Gasteiger partial charge in [0.15, 0.2) is 0 Å². The van der Waals surface area contributed by atoms with E-state index in [0.717, 1.165) is 23.3 Å². The van der Waals surface area contributed by atoms with Crippen LogP contribution < -0.4 is 15.0 Å². The average molecular weight is 484 g/mol. The molecule has 0 aromatic heterocycles. The number of benzene rings is 3. The van der Waals surface area contributed by atoms with Crippen LogP contribution in [0.4, 0.5) is 5.69 Å². The number of anilines is 1. The summed E-state index contributed by atoms with van der Waals surface area (Å²) in [5.41, 5.74) is 3.42. The van der Waals surface area contributed by atoms with Crippen LogP contribution in [0.5, 0.6) is 5.75 Å². The lowest BCUT2D eigenvalue weighted by Crippen LogP contribution is -2.44. The fourth-order valence-corrected chi connectivity index (χ4v) is 5.04. The number of rotatable bonds is 6. The Balaban J connectivity index is 1.38. The van der Waals surface area contributed by atoms with Crippen LogP contribution in [0, 0.1) is 0 Å².